The number of aromatic nitrogens is 6. The van der Waals surface area contributed by atoms with E-state index in [1.165, 1.54) is 0 Å². The summed E-state index contributed by atoms with van der Waals surface area (Å²) >= 11 is 24.4. The molecule has 0 spiro atoms. The van der Waals surface area contributed by atoms with Crippen LogP contribution in [0.4, 0.5) is 0 Å². The lowest BCUT2D eigenvalue weighted by atomic mass is 10.1. The zero-order valence-corrected chi connectivity index (χ0v) is 24.8. The molecule has 0 aliphatic carbocycles. The van der Waals surface area contributed by atoms with E-state index in [1.54, 1.807) is 49.1 Å². The summed E-state index contributed by atoms with van der Waals surface area (Å²) in [6.45, 7) is 0. The molecule has 206 valence electrons. The summed E-state index contributed by atoms with van der Waals surface area (Å²) in [5, 5.41) is 1.59. The SMILES string of the molecule is Clc1cc(C=Cc2nc(C=Cc3ccnc(Cl)c3)c(C=Cc3ccnc(Cl)c3)nc2C=Cc2ccnc(Cl)c2)ccn1. The molecule has 5 aromatic heterocycles. The van der Waals surface area contributed by atoms with Crippen molar-refractivity contribution in [2.45, 2.75) is 0 Å². The van der Waals surface area contributed by atoms with E-state index in [0.717, 1.165) is 22.3 Å². The average molecular weight is 630 g/mol. The number of hydrogen-bond donors (Lipinski definition) is 0. The lowest BCUT2D eigenvalue weighted by Gasteiger charge is -2.07. The molecule has 0 fully saturated rings. The van der Waals surface area contributed by atoms with Gasteiger partial charge < -0.3 is 0 Å². The maximum absolute atomic E-state index is 6.10. The molecule has 5 rings (SSSR count). The maximum atomic E-state index is 6.10. The highest BCUT2D eigenvalue weighted by Gasteiger charge is 2.09. The van der Waals surface area contributed by atoms with Crippen LogP contribution in [0.15, 0.2) is 73.3 Å². The molecule has 0 atom stereocenters. The number of hydrogen-bond acceptors (Lipinski definition) is 6. The van der Waals surface area contributed by atoms with E-state index < -0.39 is 0 Å². The lowest BCUT2D eigenvalue weighted by Crippen LogP contribution is -2.00. The van der Waals surface area contributed by atoms with E-state index in [4.69, 9.17) is 56.4 Å². The van der Waals surface area contributed by atoms with Crippen molar-refractivity contribution < 1.29 is 0 Å². The lowest BCUT2D eigenvalue weighted by molar-refractivity contribution is 1.12. The van der Waals surface area contributed by atoms with Crippen molar-refractivity contribution in [2.24, 2.45) is 0 Å². The zero-order valence-electron chi connectivity index (χ0n) is 21.7. The second-order valence-electron chi connectivity index (χ2n) is 8.75. The fourth-order valence-corrected chi connectivity index (χ4v) is 4.49. The average Bonchev–Trinajstić information content (AvgIpc) is 2.97. The molecule has 0 aromatic carbocycles. The molecule has 0 radical (unpaired) electrons. The van der Waals surface area contributed by atoms with Gasteiger partial charge in [-0.15, -0.1) is 0 Å². The summed E-state index contributed by atoms with van der Waals surface area (Å²) in [4.78, 5) is 26.2. The molecule has 0 aliphatic rings. The molecular formula is C32H20Cl4N6. The van der Waals surface area contributed by atoms with Crippen molar-refractivity contribution in [3.05, 3.63) is 139 Å². The molecule has 0 N–H and O–H groups in total. The van der Waals surface area contributed by atoms with Gasteiger partial charge in [0.25, 0.3) is 0 Å². The third-order valence-corrected chi connectivity index (χ3v) is 6.57. The number of pyridine rings is 4. The van der Waals surface area contributed by atoms with Gasteiger partial charge in [-0.05, 0) is 95.1 Å². The molecule has 0 unspecified atom stereocenters. The van der Waals surface area contributed by atoms with Crippen LogP contribution >= 0.6 is 46.4 Å². The molecule has 5 heterocycles. The molecule has 42 heavy (non-hydrogen) atoms. The zero-order chi connectivity index (χ0) is 29.3. The minimum atomic E-state index is 0.397. The van der Waals surface area contributed by atoms with Crippen LogP contribution in [0.1, 0.15) is 45.0 Å². The highest BCUT2D eigenvalue weighted by molar-refractivity contribution is 6.30. The Labute approximate surface area is 262 Å². The third kappa shape index (κ3) is 8.41. The molecule has 0 bridgehead atoms. The highest BCUT2D eigenvalue weighted by atomic mass is 35.5. The highest BCUT2D eigenvalue weighted by Crippen LogP contribution is 2.22. The summed E-state index contributed by atoms with van der Waals surface area (Å²) in [6.07, 6.45) is 21.7. The second-order valence-corrected chi connectivity index (χ2v) is 10.3. The van der Waals surface area contributed by atoms with Gasteiger partial charge >= 0.3 is 0 Å². The number of halogens is 4. The van der Waals surface area contributed by atoms with Crippen LogP contribution in [0.5, 0.6) is 0 Å². The normalized spacial score (nSPS) is 11.9. The van der Waals surface area contributed by atoms with Gasteiger partial charge in [-0.1, -0.05) is 70.7 Å². The Morgan fingerprint density at radius 1 is 0.357 bits per heavy atom. The van der Waals surface area contributed by atoms with Crippen LogP contribution in [0.25, 0.3) is 48.6 Å². The number of nitrogens with zero attached hydrogens (tertiary/aromatic N) is 6. The first-order chi connectivity index (χ1) is 20.4. The molecule has 6 nitrogen and oxygen atoms in total. The van der Waals surface area contributed by atoms with Gasteiger partial charge in [-0.25, -0.2) is 29.9 Å². The second kappa shape index (κ2) is 14.1. The van der Waals surface area contributed by atoms with Crippen molar-refractivity contribution >= 4 is 95.0 Å². The first-order valence-electron chi connectivity index (χ1n) is 12.5. The molecular weight excluding hydrogens is 610 g/mol. The fraction of sp³-hybridized carbons (Fsp3) is 0. The van der Waals surface area contributed by atoms with Crippen molar-refractivity contribution in [1.29, 1.82) is 0 Å². The van der Waals surface area contributed by atoms with Crippen LogP contribution in [-0.4, -0.2) is 29.9 Å². The van der Waals surface area contributed by atoms with E-state index in [1.807, 2.05) is 72.9 Å². The van der Waals surface area contributed by atoms with Crippen LogP contribution in [-0.2, 0) is 0 Å². The van der Waals surface area contributed by atoms with Gasteiger partial charge in [-0.2, -0.15) is 0 Å². The van der Waals surface area contributed by atoms with E-state index in [-0.39, 0.29) is 0 Å². The van der Waals surface area contributed by atoms with Crippen LogP contribution in [0.2, 0.25) is 20.6 Å². The van der Waals surface area contributed by atoms with Gasteiger partial charge in [0.15, 0.2) is 0 Å². The molecule has 0 saturated heterocycles. The summed E-state index contributed by atoms with van der Waals surface area (Å²) in [5.74, 6) is 0. The van der Waals surface area contributed by atoms with Crippen molar-refractivity contribution in [2.75, 3.05) is 0 Å². The maximum Gasteiger partial charge on any atom is 0.129 e. The van der Waals surface area contributed by atoms with E-state index in [2.05, 4.69) is 19.9 Å². The Balaban J connectivity index is 1.63. The van der Waals surface area contributed by atoms with Gasteiger partial charge in [0, 0.05) is 24.8 Å². The molecule has 10 heteroatoms. The van der Waals surface area contributed by atoms with Crippen molar-refractivity contribution in [3.63, 3.8) is 0 Å². The minimum Gasteiger partial charge on any atom is -0.245 e. The molecule has 0 amide bonds. The first kappa shape index (κ1) is 29.3. The van der Waals surface area contributed by atoms with Crippen LogP contribution < -0.4 is 0 Å². The Hall–Kier alpha value is -4.20. The van der Waals surface area contributed by atoms with Crippen molar-refractivity contribution in [1.82, 2.24) is 29.9 Å². The first-order valence-corrected chi connectivity index (χ1v) is 14.0. The summed E-state index contributed by atoms with van der Waals surface area (Å²) in [7, 11) is 0. The molecule has 5 aromatic rings. The fourth-order valence-electron chi connectivity index (χ4n) is 3.76. The third-order valence-electron chi connectivity index (χ3n) is 5.74. The van der Waals surface area contributed by atoms with Gasteiger partial charge in [0.2, 0.25) is 0 Å². The van der Waals surface area contributed by atoms with Gasteiger partial charge in [0.1, 0.15) is 20.6 Å². The van der Waals surface area contributed by atoms with Crippen molar-refractivity contribution in [3.8, 4) is 0 Å². The van der Waals surface area contributed by atoms with Gasteiger partial charge in [-0.3, -0.25) is 0 Å². The molecule has 0 aliphatic heterocycles. The van der Waals surface area contributed by atoms with E-state index in [0.29, 0.717) is 43.4 Å². The Bertz CT molecular complexity index is 1590. The minimum absolute atomic E-state index is 0.397. The molecule has 0 saturated carbocycles. The van der Waals surface area contributed by atoms with Gasteiger partial charge in [0.05, 0.1) is 22.8 Å². The van der Waals surface area contributed by atoms with E-state index >= 15 is 0 Å². The quantitative estimate of drug-likeness (QED) is 0.159. The summed E-state index contributed by atoms with van der Waals surface area (Å²) in [6, 6.07) is 14.5. The largest absolute Gasteiger partial charge is 0.245 e. The van der Waals surface area contributed by atoms with E-state index in [9.17, 15) is 0 Å². The summed E-state index contributed by atoms with van der Waals surface area (Å²) in [5.41, 5.74) is 6.02. The monoisotopic (exact) mass is 628 g/mol. The Kier molecular flexibility index (Phi) is 9.85. The smallest absolute Gasteiger partial charge is 0.129 e. The summed E-state index contributed by atoms with van der Waals surface area (Å²) < 4.78 is 0. The predicted molar refractivity (Wildman–Crippen MR) is 175 cm³/mol. The van der Waals surface area contributed by atoms with Crippen LogP contribution in [0, 0.1) is 0 Å². The topological polar surface area (TPSA) is 77.3 Å². The number of rotatable bonds is 8. The van der Waals surface area contributed by atoms with Crippen LogP contribution in [0.3, 0.4) is 0 Å². The standard InChI is InChI=1S/C32H20Cl4N6/c33-29-17-21(9-13-37-29)1-5-25-26(6-2-22-10-14-38-30(34)18-22)42-28(8-4-24-12-16-40-32(36)20-24)27(41-25)7-3-23-11-15-39-31(35)19-23/h1-20H. The Morgan fingerprint density at radius 2 is 0.595 bits per heavy atom. The Morgan fingerprint density at radius 3 is 0.810 bits per heavy atom. The predicted octanol–water partition coefficient (Wildman–Crippen LogP) is 9.35.